The van der Waals surface area contributed by atoms with Gasteiger partial charge in [0, 0.05) is 5.02 Å². The van der Waals surface area contributed by atoms with Crippen molar-refractivity contribution >= 4 is 27.3 Å². The molecule has 0 saturated carbocycles. The third-order valence-electron chi connectivity index (χ3n) is 4.43. The van der Waals surface area contributed by atoms with E-state index in [2.05, 4.69) is 5.32 Å². The van der Waals surface area contributed by atoms with E-state index in [1.807, 2.05) is 0 Å². The summed E-state index contributed by atoms with van der Waals surface area (Å²) in [5.74, 6) is -3.18. The predicted molar refractivity (Wildman–Crippen MR) is 109 cm³/mol. The van der Waals surface area contributed by atoms with Crippen LogP contribution in [0.25, 0.3) is 0 Å². The van der Waals surface area contributed by atoms with Gasteiger partial charge in [-0.3, -0.25) is 10.1 Å². The van der Waals surface area contributed by atoms with Gasteiger partial charge in [0.15, 0.2) is 21.5 Å². The molecule has 3 aromatic carbocycles. The van der Waals surface area contributed by atoms with Crippen LogP contribution in [0.2, 0.25) is 5.02 Å². The maximum atomic E-state index is 13.9. The molecular formula is C21H17ClF2N2O3S. The molecular weight excluding hydrogens is 434 g/mol. The van der Waals surface area contributed by atoms with Crippen molar-refractivity contribution in [3.05, 3.63) is 101 Å². The second-order valence-electron chi connectivity index (χ2n) is 6.47. The van der Waals surface area contributed by atoms with Crippen molar-refractivity contribution in [1.29, 1.82) is 0 Å². The number of carbonyl (C=O) groups is 1. The lowest BCUT2D eigenvalue weighted by molar-refractivity contribution is -0.120. The van der Waals surface area contributed by atoms with Crippen LogP contribution in [0.5, 0.6) is 0 Å². The van der Waals surface area contributed by atoms with Gasteiger partial charge in [-0.05, 0) is 47.5 Å². The molecule has 3 aromatic rings. The molecule has 0 bridgehead atoms. The minimum atomic E-state index is -4.20. The molecule has 0 aliphatic heterocycles. The van der Waals surface area contributed by atoms with Crippen molar-refractivity contribution in [2.45, 2.75) is 16.3 Å². The first-order valence-corrected chi connectivity index (χ1v) is 10.7. The predicted octanol–water partition coefficient (Wildman–Crippen LogP) is 3.91. The molecule has 30 heavy (non-hydrogen) atoms. The summed E-state index contributed by atoms with van der Waals surface area (Å²) in [6, 6.07) is 15.1. The zero-order valence-corrected chi connectivity index (χ0v) is 17.0. The Morgan fingerprint density at radius 3 is 2.10 bits per heavy atom. The Morgan fingerprint density at radius 2 is 1.53 bits per heavy atom. The number of nitrogens with two attached hydrogens (primary N) is 1. The lowest BCUT2D eigenvalue weighted by Gasteiger charge is -2.25. The molecule has 0 aliphatic carbocycles. The molecule has 0 aliphatic rings. The molecule has 0 heterocycles. The van der Waals surface area contributed by atoms with Gasteiger partial charge in [-0.15, -0.1) is 0 Å². The highest BCUT2D eigenvalue weighted by atomic mass is 35.5. The number of rotatable bonds is 7. The van der Waals surface area contributed by atoms with Gasteiger partial charge in [0.05, 0.1) is 4.90 Å². The molecule has 5 nitrogen and oxygen atoms in total. The van der Waals surface area contributed by atoms with Gasteiger partial charge in [0.2, 0.25) is 5.91 Å². The number of nitrogens with one attached hydrogen (secondary N) is 1. The summed E-state index contributed by atoms with van der Waals surface area (Å²) >= 11 is 5.84. The molecule has 2 atom stereocenters. The number of hydrogen-bond donors (Lipinski definition) is 2. The van der Waals surface area contributed by atoms with Gasteiger partial charge in [-0.2, -0.15) is 0 Å². The average molecular weight is 451 g/mol. The smallest absolute Gasteiger partial charge is 0.239 e. The van der Waals surface area contributed by atoms with E-state index in [1.54, 1.807) is 30.3 Å². The van der Waals surface area contributed by atoms with E-state index in [4.69, 9.17) is 17.3 Å². The van der Waals surface area contributed by atoms with E-state index in [-0.39, 0.29) is 10.5 Å². The van der Waals surface area contributed by atoms with Crippen LogP contribution in [0.4, 0.5) is 8.78 Å². The number of halogens is 3. The normalized spacial score (nSPS) is 13.6. The number of hydrogen-bond acceptors (Lipinski definition) is 4. The molecule has 3 rings (SSSR count). The zero-order chi connectivity index (χ0) is 21.9. The van der Waals surface area contributed by atoms with Crippen molar-refractivity contribution in [3.8, 4) is 0 Å². The van der Waals surface area contributed by atoms with Crippen LogP contribution < -0.4 is 11.1 Å². The molecule has 1 unspecified atom stereocenters. The standard InChI is InChI=1S/C21H17ClF2N2O3S/c22-15-7-9-16(10-8-15)30(28,29)21(14-6-11-17(23)18(24)12-14)26-19(20(25)27)13-4-2-1-3-5-13/h1-12,19,21,26H,(H2,25,27)/t19-,21?/m1/s1. The van der Waals surface area contributed by atoms with E-state index in [0.717, 1.165) is 18.2 Å². The van der Waals surface area contributed by atoms with Crippen molar-refractivity contribution in [3.63, 3.8) is 0 Å². The Morgan fingerprint density at radius 1 is 0.900 bits per heavy atom. The lowest BCUT2D eigenvalue weighted by atomic mass is 10.1. The average Bonchev–Trinajstić information content (AvgIpc) is 2.71. The molecule has 0 radical (unpaired) electrons. The van der Waals surface area contributed by atoms with Crippen molar-refractivity contribution in [2.24, 2.45) is 5.73 Å². The van der Waals surface area contributed by atoms with E-state index in [1.165, 1.54) is 24.3 Å². The number of benzene rings is 3. The van der Waals surface area contributed by atoms with Crippen LogP contribution in [-0.4, -0.2) is 14.3 Å². The zero-order valence-electron chi connectivity index (χ0n) is 15.4. The van der Waals surface area contributed by atoms with Crippen molar-refractivity contribution < 1.29 is 22.0 Å². The van der Waals surface area contributed by atoms with E-state index >= 15 is 0 Å². The Labute approximate surface area is 177 Å². The van der Waals surface area contributed by atoms with Gasteiger partial charge in [-0.25, -0.2) is 17.2 Å². The topological polar surface area (TPSA) is 89.3 Å². The summed E-state index contributed by atoms with van der Waals surface area (Å²) in [7, 11) is -4.20. The second-order valence-corrected chi connectivity index (χ2v) is 8.93. The minimum Gasteiger partial charge on any atom is -0.368 e. The van der Waals surface area contributed by atoms with Crippen LogP contribution in [0.1, 0.15) is 22.5 Å². The Hall–Kier alpha value is -2.81. The molecule has 0 aromatic heterocycles. The number of sulfone groups is 1. The molecule has 156 valence electrons. The first kappa shape index (κ1) is 21.9. The molecule has 9 heteroatoms. The molecule has 0 spiro atoms. The summed E-state index contributed by atoms with van der Waals surface area (Å²) in [4.78, 5) is 12.0. The van der Waals surface area contributed by atoms with Crippen LogP contribution >= 0.6 is 11.6 Å². The van der Waals surface area contributed by atoms with Crippen LogP contribution in [0.15, 0.2) is 77.7 Å². The van der Waals surface area contributed by atoms with Crippen LogP contribution in [-0.2, 0) is 14.6 Å². The van der Waals surface area contributed by atoms with E-state index < -0.39 is 38.8 Å². The fraction of sp³-hybridized carbons (Fsp3) is 0.0952. The first-order chi connectivity index (χ1) is 14.2. The summed E-state index contributed by atoms with van der Waals surface area (Å²) in [6.45, 7) is 0. The molecule has 1 amide bonds. The third-order valence-corrected chi connectivity index (χ3v) is 6.64. The quantitative estimate of drug-likeness (QED) is 0.571. The van der Waals surface area contributed by atoms with Crippen LogP contribution in [0, 0.1) is 11.6 Å². The number of primary amides is 1. The van der Waals surface area contributed by atoms with Gasteiger partial charge < -0.3 is 5.73 Å². The van der Waals surface area contributed by atoms with E-state index in [9.17, 15) is 22.0 Å². The maximum Gasteiger partial charge on any atom is 0.239 e. The Bertz CT molecular complexity index is 1160. The number of amides is 1. The number of carbonyl (C=O) groups excluding carboxylic acids is 1. The SMILES string of the molecule is NC(=O)[C@H](NC(c1ccc(F)c(F)c1)S(=O)(=O)c1ccc(Cl)cc1)c1ccccc1. The fourth-order valence-electron chi connectivity index (χ4n) is 2.94. The highest BCUT2D eigenvalue weighted by Gasteiger charge is 2.34. The Balaban J connectivity index is 2.12. The summed E-state index contributed by atoms with van der Waals surface area (Å²) in [5.41, 5.74) is 5.83. The summed E-state index contributed by atoms with van der Waals surface area (Å²) in [5, 5.41) is 1.43. The van der Waals surface area contributed by atoms with Gasteiger partial charge in [-0.1, -0.05) is 48.0 Å². The second kappa shape index (κ2) is 8.91. The van der Waals surface area contributed by atoms with Gasteiger partial charge in [0.25, 0.3) is 0 Å². The third kappa shape index (κ3) is 4.67. The van der Waals surface area contributed by atoms with Crippen molar-refractivity contribution in [1.82, 2.24) is 5.32 Å². The largest absolute Gasteiger partial charge is 0.368 e. The highest BCUT2D eigenvalue weighted by Crippen LogP contribution is 2.31. The monoisotopic (exact) mass is 450 g/mol. The minimum absolute atomic E-state index is 0.0916. The maximum absolute atomic E-state index is 13.9. The molecule has 3 N–H and O–H groups in total. The molecule has 0 saturated heterocycles. The summed E-state index contributed by atoms with van der Waals surface area (Å²) < 4.78 is 54.1. The van der Waals surface area contributed by atoms with Crippen LogP contribution in [0.3, 0.4) is 0 Å². The Kier molecular flexibility index (Phi) is 6.50. The molecule has 0 fully saturated rings. The van der Waals surface area contributed by atoms with E-state index in [0.29, 0.717) is 10.6 Å². The van der Waals surface area contributed by atoms with Gasteiger partial charge >= 0.3 is 0 Å². The fourth-order valence-corrected chi connectivity index (χ4v) is 4.67. The van der Waals surface area contributed by atoms with Crippen molar-refractivity contribution in [2.75, 3.05) is 0 Å². The highest BCUT2D eigenvalue weighted by molar-refractivity contribution is 7.91. The summed E-state index contributed by atoms with van der Waals surface area (Å²) in [6.07, 6.45) is 0. The first-order valence-electron chi connectivity index (χ1n) is 8.75. The van der Waals surface area contributed by atoms with Gasteiger partial charge in [0.1, 0.15) is 11.4 Å². The lowest BCUT2D eigenvalue weighted by Crippen LogP contribution is -2.39.